The quantitative estimate of drug-likeness (QED) is 0.626. The van der Waals surface area contributed by atoms with Crippen molar-refractivity contribution in [2.75, 3.05) is 0 Å². The van der Waals surface area contributed by atoms with E-state index >= 15 is 0 Å². The van der Waals surface area contributed by atoms with E-state index in [9.17, 15) is 4.79 Å². The number of hydrogen-bond acceptors (Lipinski definition) is 1. The first kappa shape index (κ1) is 7.59. The zero-order valence-corrected chi connectivity index (χ0v) is 7.23. The van der Waals surface area contributed by atoms with Gasteiger partial charge in [0.25, 0.3) is 0 Å². The fourth-order valence-corrected chi connectivity index (χ4v) is 1.82. The minimum Gasteiger partial charge on any atom is -0.342 e. The van der Waals surface area contributed by atoms with Crippen molar-refractivity contribution in [3.8, 4) is 0 Å². The summed E-state index contributed by atoms with van der Waals surface area (Å²) < 4.78 is 2.10. The van der Waals surface area contributed by atoms with Crippen LogP contribution in [-0.2, 0) is 0 Å². The van der Waals surface area contributed by atoms with Crippen molar-refractivity contribution in [2.24, 2.45) is 5.92 Å². The van der Waals surface area contributed by atoms with Gasteiger partial charge < -0.3 is 4.57 Å². The molecule has 64 valence electrons. The topological polar surface area (TPSA) is 22.0 Å². The lowest BCUT2D eigenvalue weighted by molar-refractivity contribution is 0.111. The van der Waals surface area contributed by atoms with E-state index in [-0.39, 0.29) is 0 Å². The summed E-state index contributed by atoms with van der Waals surface area (Å²) in [6.07, 6.45) is 5.41. The number of aromatic nitrogens is 1. The maximum atomic E-state index is 10.6. The highest BCUT2D eigenvalue weighted by Crippen LogP contribution is 2.45. The van der Waals surface area contributed by atoms with E-state index in [1.54, 1.807) is 0 Å². The van der Waals surface area contributed by atoms with Gasteiger partial charge >= 0.3 is 0 Å². The molecule has 2 atom stereocenters. The Hall–Kier alpha value is -1.05. The van der Waals surface area contributed by atoms with E-state index < -0.39 is 0 Å². The van der Waals surface area contributed by atoms with E-state index in [1.165, 1.54) is 12.8 Å². The van der Waals surface area contributed by atoms with Crippen LogP contribution in [-0.4, -0.2) is 10.9 Å². The predicted octanol–water partition coefficient (Wildman–Crippen LogP) is 2.27. The Balaban J connectivity index is 2.18. The maximum absolute atomic E-state index is 10.6. The van der Waals surface area contributed by atoms with Crippen molar-refractivity contribution in [1.82, 2.24) is 4.57 Å². The predicted molar refractivity (Wildman–Crippen MR) is 47.3 cm³/mol. The molecule has 2 rings (SSSR count). The first-order valence-corrected chi connectivity index (χ1v) is 4.48. The molecule has 1 aliphatic rings. The van der Waals surface area contributed by atoms with E-state index in [2.05, 4.69) is 11.5 Å². The summed E-state index contributed by atoms with van der Waals surface area (Å²) in [6, 6.07) is 4.41. The van der Waals surface area contributed by atoms with Crippen molar-refractivity contribution in [3.63, 3.8) is 0 Å². The fraction of sp³-hybridized carbons (Fsp3) is 0.500. The molecular weight excluding hydrogens is 150 g/mol. The summed E-state index contributed by atoms with van der Waals surface area (Å²) in [5.41, 5.74) is 0.816. The second kappa shape index (κ2) is 2.77. The van der Waals surface area contributed by atoms with Crippen LogP contribution in [0.3, 0.4) is 0 Å². The first-order chi connectivity index (χ1) is 5.86. The van der Waals surface area contributed by atoms with Gasteiger partial charge in [0.15, 0.2) is 6.29 Å². The summed E-state index contributed by atoms with van der Waals surface area (Å²) in [5.74, 6) is 0.802. The van der Waals surface area contributed by atoms with E-state index in [0.717, 1.165) is 17.9 Å². The van der Waals surface area contributed by atoms with Crippen LogP contribution in [0.5, 0.6) is 0 Å². The molecule has 0 aliphatic heterocycles. The molecule has 1 aliphatic carbocycles. The fourth-order valence-electron chi connectivity index (χ4n) is 1.82. The molecule has 12 heavy (non-hydrogen) atoms. The molecule has 0 bridgehead atoms. The minimum atomic E-state index is 0.602. The molecule has 0 radical (unpaired) electrons. The van der Waals surface area contributed by atoms with Crippen LogP contribution in [0.1, 0.15) is 36.3 Å². The van der Waals surface area contributed by atoms with Gasteiger partial charge in [-0.05, 0) is 24.5 Å². The highest BCUT2D eigenvalue weighted by Gasteiger charge is 2.37. The third kappa shape index (κ3) is 1.07. The van der Waals surface area contributed by atoms with Crippen molar-refractivity contribution in [3.05, 3.63) is 24.0 Å². The van der Waals surface area contributed by atoms with E-state index in [1.807, 2.05) is 18.3 Å². The molecule has 1 heterocycles. The number of carbonyl (C=O) groups excluding carboxylic acids is 1. The summed E-state index contributed by atoms with van der Waals surface area (Å²) in [4.78, 5) is 10.6. The monoisotopic (exact) mass is 163 g/mol. The van der Waals surface area contributed by atoms with Gasteiger partial charge in [-0.15, -0.1) is 0 Å². The second-order valence-electron chi connectivity index (χ2n) is 3.43. The van der Waals surface area contributed by atoms with Gasteiger partial charge in [0.05, 0.1) is 5.69 Å². The standard InChI is InChI=1S/C10H13NO/c1-2-8-6-10(8)11-5-3-4-9(11)7-12/h3-5,7-8,10H,2,6H2,1H3. The van der Waals surface area contributed by atoms with Gasteiger partial charge in [-0.25, -0.2) is 0 Å². The molecule has 0 saturated heterocycles. The van der Waals surface area contributed by atoms with Crippen molar-refractivity contribution < 1.29 is 4.79 Å². The van der Waals surface area contributed by atoms with Crippen LogP contribution in [0.4, 0.5) is 0 Å². The number of nitrogens with zero attached hydrogens (tertiary/aromatic N) is 1. The molecule has 2 heteroatoms. The molecular formula is C10H13NO. The lowest BCUT2D eigenvalue weighted by atomic mass is 10.3. The zero-order valence-electron chi connectivity index (χ0n) is 7.23. The largest absolute Gasteiger partial charge is 0.342 e. The third-order valence-corrected chi connectivity index (χ3v) is 2.70. The zero-order chi connectivity index (χ0) is 8.55. The van der Waals surface area contributed by atoms with Crippen molar-refractivity contribution >= 4 is 6.29 Å². The molecule has 0 N–H and O–H groups in total. The minimum absolute atomic E-state index is 0.602. The van der Waals surface area contributed by atoms with Crippen molar-refractivity contribution in [2.45, 2.75) is 25.8 Å². The number of rotatable bonds is 3. The number of carbonyl (C=O) groups is 1. The Morgan fingerprint density at radius 2 is 2.58 bits per heavy atom. The number of hydrogen-bond donors (Lipinski definition) is 0. The normalized spacial score (nSPS) is 27.1. The smallest absolute Gasteiger partial charge is 0.166 e. The lowest BCUT2D eigenvalue weighted by Crippen LogP contribution is -1.98. The van der Waals surface area contributed by atoms with Gasteiger partial charge in [0.1, 0.15) is 0 Å². The molecule has 2 unspecified atom stereocenters. The SMILES string of the molecule is CCC1CC1n1cccc1C=O. The van der Waals surface area contributed by atoms with Crippen LogP contribution < -0.4 is 0 Å². The van der Waals surface area contributed by atoms with Crippen LogP contribution in [0, 0.1) is 5.92 Å². The summed E-state index contributed by atoms with van der Waals surface area (Å²) in [5, 5.41) is 0. The molecule has 2 nitrogen and oxygen atoms in total. The summed E-state index contributed by atoms with van der Waals surface area (Å²) in [6.45, 7) is 2.20. The highest BCUT2D eigenvalue weighted by atomic mass is 16.1. The Labute approximate surface area is 72.2 Å². The van der Waals surface area contributed by atoms with Gasteiger partial charge in [-0.3, -0.25) is 4.79 Å². The van der Waals surface area contributed by atoms with Crippen LogP contribution in [0.25, 0.3) is 0 Å². The second-order valence-corrected chi connectivity index (χ2v) is 3.43. The van der Waals surface area contributed by atoms with Crippen LogP contribution in [0.2, 0.25) is 0 Å². The van der Waals surface area contributed by atoms with Gasteiger partial charge in [-0.1, -0.05) is 13.3 Å². The molecule has 1 saturated carbocycles. The first-order valence-electron chi connectivity index (χ1n) is 4.48. The molecule has 0 spiro atoms. The average molecular weight is 163 g/mol. The molecule has 1 aromatic rings. The summed E-state index contributed by atoms with van der Waals surface area (Å²) in [7, 11) is 0. The molecule has 1 aromatic heterocycles. The molecule has 0 amide bonds. The average Bonchev–Trinajstić information content (AvgIpc) is 2.74. The maximum Gasteiger partial charge on any atom is 0.166 e. The third-order valence-electron chi connectivity index (χ3n) is 2.70. The lowest BCUT2D eigenvalue weighted by Gasteiger charge is -2.02. The van der Waals surface area contributed by atoms with E-state index in [4.69, 9.17) is 0 Å². The van der Waals surface area contributed by atoms with Crippen LogP contribution in [0.15, 0.2) is 18.3 Å². The molecule has 1 fully saturated rings. The van der Waals surface area contributed by atoms with E-state index in [0.29, 0.717) is 6.04 Å². The number of aldehydes is 1. The Morgan fingerprint density at radius 3 is 3.17 bits per heavy atom. The van der Waals surface area contributed by atoms with Gasteiger partial charge in [0.2, 0.25) is 0 Å². The van der Waals surface area contributed by atoms with Crippen molar-refractivity contribution in [1.29, 1.82) is 0 Å². The Morgan fingerprint density at radius 1 is 1.75 bits per heavy atom. The van der Waals surface area contributed by atoms with Crippen LogP contribution >= 0.6 is 0 Å². The Kier molecular flexibility index (Phi) is 1.75. The molecule has 0 aromatic carbocycles. The summed E-state index contributed by atoms with van der Waals surface area (Å²) >= 11 is 0. The van der Waals surface area contributed by atoms with Gasteiger partial charge in [0, 0.05) is 12.2 Å². The Bertz CT molecular complexity index is 290. The van der Waals surface area contributed by atoms with Gasteiger partial charge in [-0.2, -0.15) is 0 Å². The highest BCUT2D eigenvalue weighted by molar-refractivity contribution is 5.72.